The van der Waals surface area contributed by atoms with Gasteiger partial charge in [-0.25, -0.2) is 0 Å². The molecule has 1 heterocycles. The van der Waals surface area contributed by atoms with Crippen LogP contribution >= 0.6 is 0 Å². The number of hydrogen-bond donors (Lipinski definition) is 0. The van der Waals surface area contributed by atoms with E-state index in [1.54, 1.807) is 13.2 Å². The maximum atomic E-state index is 12.9. The van der Waals surface area contributed by atoms with E-state index in [4.69, 9.17) is 9.47 Å². The number of pyridine rings is 1. The largest absolute Gasteiger partial charge is 0.496 e. The van der Waals surface area contributed by atoms with Gasteiger partial charge in [0.05, 0.1) is 30.8 Å². The summed E-state index contributed by atoms with van der Waals surface area (Å²) in [5.74, 6) is 0.877. The minimum atomic E-state index is -0.160. The first-order chi connectivity index (χ1) is 10.7. The van der Waals surface area contributed by atoms with Gasteiger partial charge in [0.2, 0.25) is 5.43 Å². The molecule has 4 nitrogen and oxygen atoms in total. The minimum Gasteiger partial charge on any atom is -0.496 e. The molecule has 0 saturated carbocycles. The van der Waals surface area contributed by atoms with E-state index in [-0.39, 0.29) is 5.43 Å². The molecule has 4 heteroatoms. The van der Waals surface area contributed by atoms with Crippen LogP contribution in [0.2, 0.25) is 0 Å². The quantitative estimate of drug-likeness (QED) is 0.745. The first-order valence-corrected chi connectivity index (χ1v) is 6.98. The summed E-state index contributed by atoms with van der Waals surface area (Å²) in [6.45, 7) is 0. The second-order valence-electron chi connectivity index (χ2n) is 4.99. The molecule has 1 aromatic heterocycles. The Bertz CT molecular complexity index is 882. The van der Waals surface area contributed by atoms with Gasteiger partial charge >= 0.3 is 0 Å². The number of methoxy groups -OCH3 is 2. The van der Waals surface area contributed by atoms with Crippen LogP contribution in [0.5, 0.6) is 11.5 Å². The van der Waals surface area contributed by atoms with Gasteiger partial charge in [-0.05, 0) is 12.1 Å². The topological polar surface area (TPSA) is 40.5 Å². The highest BCUT2D eigenvalue weighted by molar-refractivity contribution is 5.90. The molecule has 112 valence electrons. The van der Waals surface area contributed by atoms with Gasteiger partial charge in [-0.15, -0.1) is 0 Å². The highest BCUT2D eigenvalue weighted by Gasteiger charge is 2.19. The Labute approximate surface area is 128 Å². The van der Waals surface area contributed by atoms with Crippen LogP contribution in [-0.2, 0) is 7.05 Å². The number of fused-ring (bicyclic) bond motifs is 1. The van der Waals surface area contributed by atoms with Crippen molar-refractivity contribution in [2.24, 2.45) is 7.05 Å². The third-order valence-electron chi connectivity index (χ3n) is 3.82. The van der Waals surface area contributed by atoms with Gasteiger partial charge in [-0.2, -0.15) is 0 Å². The Morgan fingerprint density at radius 3 is 2.27 bits per heavy atom. The second kappa shape index (κ2) is 5.56. The number of benzene rings is 2. The predicted octanol–water partition coefficient (Wildman–Crippen LogP) is 3.22. The van der Waals surface area contributed by atoms with Crippen molar-refractivity contribution in [2.75, 3.05) is 14.2 Å². The molecule has 3 aromatic rings. The summed E-state index contributed by atoms with van der Waals surface area (Å²) < 4.78 is 12.7. The zero-order valence-corrected chi connectivity index (χ0v) is 12.8. The Kier molecular flexibility index (Phi) is 3.59. The molecule has 0 atom stereocenters. The fraction of sp³-hybridized carbons (Fsp3) is 0.167. The molecule has 3 rings (SSSR count). The molecule has 0 saturated heterocycles. The van der Waals surface area contributed by atoms with E-state index in [1.165, 1.54) is 7.11 Å². The lowest BCUT2D eigenvalue weighted by Crippen LogP contribution is -2.14. The summed E-state index contributed by atoms with van der Waals surface area (Å²) in [6.07, 6.45) is 0. The second-order valence-corrected chi connectivity index (χ2v) is 4.99. The van der Waals surface area contributed by atoms with Crippen LogP contribution in [0.3, 0.4) is 0 Å². The van der Waals surface area contributed by atoms with Gasteiger partial charge in [-0.3, -0.25) is 4.79 Å². The van der Waals surface area contributed by atoms with Crippen LogP contribution in [0, 0.1) is 0 Å². The van der Waals surface area contributed by atoms with Crippen LogP contribution in [0.1, 0.15) is 0 Å². The first-order valence-electron chi connectivity index (χ1n) is 6.98. The summed E-state index contributed by atoms with van der Waals surface area (Å²) in [6, 6.07) is 15.3. The van der Waals surface area contributed by atoms with Gasteiger partial charge in [0.15, 0.2) is 5.75 Å². The molecule has 0 aliphatic heterocycles. The average Bonchev–Trinajstić information content (AvgIpc) is 2.57. The molecule has 22 heavy (non-hydrogen) atoms. The third-order valence-corrected chi connectivity index (χ3v) is 3.82. The van der Waals surface area contributed by atoms with Crippen molar-refractivity contribution in [3.8, 4) is 22.8 Å². The lowest BCUT2D eigenvalue weighted by atomic mass is 10.1. The fourth-order valence-corrected chi connectivity index (χ4v) is 2.80. The van der Waals surface area contributed by atoms with E-state index in [0.717, 1.165) is 16.8 Å². The van der Waals surface area contributed by atoms with E-state index in [2.05, 4.69) is 0 Å². The van der Waals surface area contributed by atoms with Gasteiger partial charge in [-0.1, -0.05) is 36.4 Å². The van der Waals surface area contributed by atoms with Crippen molar-refractivity contribution < 1.29 is 9.47 Å². The Morgan fingerprint density at radius 1 is 0.909 bits per heavy atom. The molecule has 0 aliphatic rings. The van der Waals surface area contributed by atoms with Gasteiger partial charge in [0, 0.05) is 12.6 Å². The number of hydrogen-bond acceptors (Lipinski definition) is 3. The lowest BCUT2D eigenvalue weighted by Gasteiger charge is -2.17. The van der Waals surface area contributed by atoms with Gasteiger partial charge in [0.1, 0.15) is 5.75 Å². The van der Waals surface area contributed by atoms with Gasteiger partial charge < -0.3 is 14.0 Å². The fourth-order valence-electron chi connectivity index (χ4n) is 2.80. The van der Waals surface area contributed by atoms with Crippen molar-refractivity contribution >= 4 is 10.9 Å². The molecule has 0 N–H and O–H groups in total. The van der Waals surface area contributed by atoms with E-state index in [0.29, 0.717) is 16.9 Å². The van der Waals surface area contributed by atoms with Crippen LogP contribution in [0.15, 0.2) is 53.3 Å². The molecular formula is C18H17NO3. The number of rotatable bonds is 3. The summed E-state index contributed by atoms with van der Waals surface area (Å²) in [4.78, 5) is 12.9. The number of aryl methyl sites for hydroxylation is 1. The Morgan fingerprint density at radius 2 is 1.64 bits per heavy atom. The van der Waals surface area contributed by atoms with Crippen molar-refractivity contribution in [1.29, 1.82) is 0 Å². The smallest absolute Gasteiger partial charge is 0.235 e. The van der Waals surface area contributed by atoms with Crippen LogP contribution < -0.4 is 14.9 Å². The Hall–Kier alpha value is -2.75. The summed E-state index contributed by atoms with van der Waals surface area (Å²) >= 11 is 0. The number of aromatic nitrogens is 1. The van der Waals surface area contributed by atoms with Crippen LogP contribution in [0.25, 0.3) is 22.2 Å². The van der Waals surface area contributed by atoms with E-state index < -0.39 is 0 Å². The SMILES string of the molecule is COc1c(-c2ccccc2)n(C)c2cccc(OC)c2c1=O. The van der Waals surface area contributed by atoms with Crippen molar-refractivity contribution in [2.45, 2.75) is 0 Å². The summed E-state index contributed by atoms with van der Waals surface area (Å²) in [5.41, 5.74) is 2.34. The number of nitrogens with zero attached hydrogens (tertiary/aromatic N) is 1. The predicted molar refractivity (Wildman–Crippen MR) is 87.7 cm³/mol. The zero-order chi connectivity index (χ0) is 15.7. The van der Waals surface area contributed by atoms with Crippen LogP contribution in [-0.4, -0.2) is 18.8 Å². The zero-order valence-electron chi connectivity index (χ0n) is 12.8. The van der Waals surface area contributed by atoms with Crippen molar-refractivity contribution in [3.63, 3.8) is 0 Å². The lowest BCUT2D eigenvalue weighted by molar-refractivity contribution is 0.407. The molecule has 0 radical (unpaired) electrons. The standard InChI is InChI=1S/C18H17NO3/c1-19-13-10-7-11-14(21-2)15(13)17(20)18(22-3)16(19)12-8-5-4-6-9-12/h4-11H,1-3H3. The first kappa shape index (κ1) is 14.2. The summed E-state index contributed by atoms with van der Waals surface area (Å²) in [7, 11) is 5.00. The molecule has 2 aromatic carbocycles. The maximum absolute atomic E-state index is 12.9. The normalized spacial score (nSPS) is 10.7. The van der Waals surface area contributed by atoms with Crippen LogP contribution in [0.4, 0.5) is 0 Å². The molecule has 0 fully saturated rings. The number of ether oxygens (including phenoxy) is 2. The van der Waals surface area contributed by atoms with Gasteiger partial charge in [0.25, 0.3) is 0 Å². The molecule has 0 amide bonds. The van der Waals surface area contributed by atoms with E-state index in [1.807, 2.05) is 54.1 Å². The van der Waals surface area contributed by atoms with Crippen molar-refractivity contribution in [3.05, 3.63) is 58.8 Å². The maximum Gasteiger partial charge on any atom is 0.235 e. The van der Waals surface area contributed by atoms with E-state index >= 15 is 0 Å². The molecular weight excluding hydrogens is 278 g/mol. The minimum absolute atomic E-state index is 0.160. The highest BCUT2D eigenvalue weighted by atomic mass is 16.5. The van der Waals surface area contributed by atoms with Crippen molar-refractivity contribution in [1.82, 2.24) is 4.57 Å². The third kappa shape index (κ3) is 2.04. The van der Waals surface area contributed by atoms with E-state index in [9.17, 15) is 4.79 Å². The molecule has 0 unspecified atom stereocenters. The average molecular weight is 295 g/mol. The molecule has 0 spiro atoms. The molecule has 0 aliphatic carbocycles. The summed E-state index contributed by atoms with van der Waals surface area (Å²) in [5, 5.41) is 0.532. The molecule has 0 bridgehead atoms. The monoisotopic (exact) mass is 295 g/mol. The highest BCUT2D eigenvalue weighted by Crippen LogP contribution is 2.32. The Balaban J connectivity index is 2.50.